The highest BCUT2D eigenvalue weighted by atomic mass is 16.7. The fourth-order valence-corrected chi connectivity index (χ4v) is 3.60. The Morgan fingerprint density at radius 1 is 0.974 bits per heavy atom. The number of aromatic hydroxyl groups is 3. The molecule has 13 heteroatoms. The number of esters is 1. The van der Waals surface area contributed by atoms with E-state index < -0.39 is 62.1 Å². The number of rotatable bonds is 10. The van der Waals surface area contributed by atoms with E-state index in [0.717, 1.165) is 6.08 Å². The third kappa shape index (κ3) is 7.11. The number of aliphatic hydroxyl groups is 5. The highest BCUT2D eigenvalue weighted by Crippen LogP contribution is 2.31. The van der Waals surface area contributed by atoms with Gasteiger partial charge in [0.25, 0.3) is 0 Å². The summed E-state index contributed by atoms with van der Waals surface area (Å²) in [4.78, 5) is 12.0. The Morgan fingerprint density at radius 2 is 1.68 bits per heavy atom. The average Bonchev–Trinajstić information content (AvgIpc) is 2.91. The van der Waals surface area contributed by atoms with Gasteiger partial charge in [-0.15, -0.1) is 0 Å². The van der Waals surface area contributed by atoms with Gasteiger partial charge in [-0.2, -0.15) is 0 Å². The zero-order chi connectivity index (χ0) is 28.0. The molecule has 1 aliphatic heterocycles. The predicted octanol–water partition coefficient (Wildman–Crippen LogP) is -0.713. The van der Waals surface area contributed by atoms with Crippen LogP contribution in [-0.2, 0) is 19.0 Å². The van der Waals surface area contributed by atoms with Gasteiger partial charge in [0.1, 0.15) is 43.2 Å². The summed E-state index contributed by atoms with van der Waals surface area (Å²) in [6.45, 7) is -1.10. The zero-order valence-corrected chi connectivity index (χ0v) is 20.2. The van der Waals surface area contributed by atoms with E-state index in [9.17, 15) is 45.6 Å². The third-order valence-corrected chi connectivity index (χ3v) is 5.81. The molecule has 0 amide bonds. The van der Waals surface area contributed by atoms with Crippen molar-refractivity contribution in [2.45, 2.75) is 42.9 Å². The molecule has 3 rings (SSSR count). The van der Waals surface area contributed by atoms with Crippen LogP contribution in [0.25, 0.3) is 6.08 Å². The fourth-order valence-electron chi connectivity index (χ4n) is 3.60. The largest absolute Gasteiger partial charge is 0.504 e. The van der Waals surface area contributed by atoms with Crippen LogP contribution in [0.15, 0.2) is 42.5 Å². The molecule has 0 aliphatic carbocycles. The Kier molecular flexibility index (Phi) is 9.88. The molecule has 8 N–H and O–H groups in total. The van der Waals surface area contributed by atoms with Crippen molar-refractivity contribution in [3.05, 3.63) is 53.6 Å². The van der Waals surface area contributed by atoms with E-state index in [2.05, 4.69) is 0 Å². The lowest BCUT2D eigenvalue weighted by Crippen LogP contribution is -2.59. The lowest BCUT2D eigenvalue weighted by Gasteiger charge is -2.40. The number of phenols is 3. The summed E-state index contributed by atoms with van der Waals surface area (Å²) < 4.78 is 20.7. The standard InChI is InChI=1S/C25H30O13/c1-35-18-9-13(4-6-15(18)27)21(31)17(29)10-37-25-24(34)23(33)22(32)19(38-25)11-36-20(30)7-3-12-2-5-14(26)16(28)8-12/h2-9,17,19,21-29,31-34H,10-11H2,1H3/b7-3+/t17-,19+,21-,22+,23-,24+,25+/m0/s1. The highest BCUT2D eigenvalue weighted by molar-refractivity contribution is 5.87. The van der Waals surface area contributed by atoms with Crippen LogP contribution in [0.5, 0.6) is 23.0 Å². The van der Waals surface area contributed by atoms with Crippen molar-refractivity contribution in [2.24, 2.45) is 0 Å². The van der Waals surface area contributed by atoms with Gasteiger partial charge in [-0.05, 0) is 41.5 Å². The molecule has 2 aromatic rings. The highest BCUT2D eigenvalue weighted by Gasteiger charge is 2.45. The number of hydrogen-bond acceptors (Lipinski definition) is 13. The summed E-state index contributed by atoms with van der Waals surface area (Å²) in [5, 5.41) is 79.8. The van der Waals surface area contributed by atoms with Crippen molar-refractivity contribution < 1.29 is 64.6 Å². The van der Waals surface area contributed by atoms with E-state index in [1.165, 1.54) is 49.6 Å². The predicted molar refractivity (Wildman–Crippen MR) is 128 cm³/mol. The number of carbonyl (C=O) groups is 1. The molecule has 0 unspecified atom stereocenters. The van der Waals surface area contributed by atoms with Crippen molar-refractivity contribution in [3.63, 3.8) is 0 Å². The summed E-state index contributed by atoms with van der Waals surface area (Å²) >= 11 is 0. The normalized spacial score (nSPS) is 25.2. The van der Waals surface area contributed by atoms with Gasteiger partial charge in [0.05, 0.1) is 13.7 Å². The molecular formula is C25H30O13. The number of aliphatic hydroxyl groups excluding tert-OH is 5. The quantitative estimate of drug-likeness (QED) is 0.107. The lowest BCUT2D eigenvalue weighted by atomic mass is 9.99. The number of ether oxygens (including phenoxy) is 4. The van der Waals surface area contributed by atoms with Crippen LogP contribution in [-0.4, -0.2) is 104 Å². The third-order valence-electron chi connectivity index (χ3n) is 5.81. The van der Waals surface area contributed by atoms with E-state index in [1.807, 2.05) is 0 Å². The first-order valence-corrected chi connectivity index (χ1v) is 11.4. The van der Waals surface area contributed by atoms with E-state index >= 15 is 0 Å². The maximum Gasteiger partial charge on any atom is 0.330 e. The first-order valence-electron chi connectivity index (χ1n) is 11.4. The Bertz CT molecular complexity index is 1120. The molecule has 7 atom stereocenters. The van der Waals surface area contributed by atoms with Gasteiger partial charge in [0.2, 0.25) is 0 Å². The molecule has 1 aliphatic rings. The molecule has 0 saturated carbocycles. The van der Waals surface area contributed by atoms with Gasteiger partial charge in [0, 0.05) is 6.08 Å². The summed E-state index contributed by atoms with van der Waals surface area (Å²) in [6.07, 6.45) is -8.63. The molecule has 0 spiro atoms. The van der Waals surface area contributed by atoms with Crippen molar-refractivity contribution in [1.29, 1.82) is 0 Å². The summed E-state index contributed by atoms with van der Waals surface area (Å²) in [5.41, 5.74) is 0.599. The Balaban J connectivity index is 1.55. The Hall–Kier alpha value is -3.43. The maximum atomic E-state index is 12.0. The van der Waals surface area contributed by atoms with Crippen molar-refractivity contribution >= 4 is 12.0 Å². The van der Waals surface area contributed by atoms with Gasteiger partial charge in [-0.1, -0.05) is 12.1 Å². The molecule has 208 valence electrons. The number of phenolic OH excluding ortho intramolecular Hbond substituents is 3. The molecule has 2 aromatic carbocycles. The second-order valence-electron chi connectivity index (χ2n) is 8.50. The Morgan fingerprint density at radius 3 is 2.37 bits per heavy atom. The lowest BCUT2D eigenvalue weighted by molar-refractivity contribution is -0.306. The molecule has 1 heterocycles. The van der Waals surface area contributed by atoms with Gasteiger partial charge in [0.15, 0.2) is 29.3 Å². The SMILES string of the molecule is COc1cc([C@H](O)[C@@H](O)CO[C@@H]2O[C@H](COC(=O)/C=C/c3ccc(O)c(O)c3)[C@@H](O)[C@H](O)[C@H]2O)ccc1O. The summed E-state index contributed by atoms with van der Waals surface area (Å²) in [5.74, 6) is -1.64. The molecule has 0 aromatic heterocycles. The van der Waals surface area contributed by atoms with E-state index in [0.29, 0.717) is 5.56 Å². The minimum Gasteiger partial charge on any atom is -0.504 e. The van der Waals surface area contributed by atoms with Gasteiger partial charge < -0.3 is 59.8 Å². The molecule has 0 radical (unpaired) electrons. The minimum absolute atomic E-state index is 0.0752. The smallest absolute Gasteiger partial charge is 0.330 e. The monoisotopic (exact) mass is 538 g/mol. The summed E-state index contributed by atoms with van der Waals surface area (Å²) in [7, 11) is 1.32. The summed E-state index contributed by atoms with van der Waals surface area (Å²) in [6, 6.07) is 7.84. The molecule has 1 fully saturated rings. The van der Waals surface area contributed by atoms with Crippen LogP contribution in [0, 0.1) is 0 Å². The van der Waals surface area contributed by atoms with Crippen LogP contribution >= 0.6 is 0 Å². The van der Waals surface area contributed by atoms with E-state index in [1.54, 1.807) is 0 Å². The first-order chi connectivity index (χ1) is 18.0. The number of benzene rings is 2. The second kappa shape index (κ2) is 12.9. The van der Waals surface area contributed by atoms with Gasteiger partial charge >= 0.3 is 5.97 Å². The number of methoxy groups -OCH3 is 1. The van der Waals surface area contributed by atoms with Crippen LogP contribution in [0.1, 0.15) is 17.2 Å². The molecule has 0 bridgehead atoms. The van der Waals surface area contributed by atoms with Crippen molar-refractivity contribution in [3.8, 4) is 23.0 Å². The maximum absolute atomic E-state index is 12.0. The molecule has 38 heavy (non-hydrogen) atoms. The number of hydrogen-bond donors (Lipinski definition) is 8. The molecular weight excluding hydrogens is 508 g/mol. The van der Waals surface area contributed by atoms with E-state index in [4.69, 9.17) is 18.9 Å². The fraction of sp³-hybridized carbons (Fsp3) is 0.400. The average molecular weight is 539 g/mol. The Labute approximate surface area is 217 Å². The minimum atomic E-state index is -1.74. The number of carbonyl (C=O) groups excluding carboxylic acids is 1. The first kappa shape index (κ1) is 29.1. The molecule has 1 saturated heterocycles. The molecule has 13 nitrogen and oxygen atoms in total. The van der Waals surface area contributed by atoms with Crippen molar-refractivity contribution in [2.75, 3.05) is 20.3 Å². The topological polar surface area (TPSA) is 216 Å². The zero-order valence-electron chi connectivity index (χ0n) is 20.2. The van der Waals surface area contributed by atoms with Gasteiger partial charge in [-0.3, -0.25) is 0 Å². The van der Waals surface area contributed by atoms with Crippen LogP contribution in [0.4, 0.5) is 0 Å². The van der Waals surface area contributed by atoms with Crippen LogP contribution in [0.3, 0.4) is 0 Å². The second-order valence-corrected chi connectivity index (χ2v) is 8.50. The van der Waals surface area contributed by atoms with Crippen LogP contribution in [0.2, 0.25) is 0 Å². The van der Waals surface area contributed by atoms with E-state index in [-0.39, 0.29) is 28.6 Å². The van der Waals surface area contributed by atoms with Crippen LogP contribution < -0.4 is 4.74 Å². The van der Waals surface area contributed by atoms with Gasteiger partial charge in [-0.25, -0.2) is 4.79 Å². The van der Waals surface area contributed by atoms with Crippen molar-refractivity contribution in [1.82, 2.24) is 0 Å².